The number of hydrogen-bond donors (Lipinski definition) is 1. The molecular formula is C22H27NO4S. The molecule has 0 aromatic heterocycles. The van der Waals surface area contributed by atoms with E-state index >= 15 is 0 Å². The Hall–Kier alpha value is -2.34. The first-order valence-corrected chi connectivity index (χ1v) is 11.0. The Labute approximate surface area is 167 Å². The molecule has 0 spiro atoms. The minimum absolute atomic E-state index is 0.212. The van der Waals surface area contributed by atoms with Crippen LogP contribution in [-0.2, 0) is 14.6 Å². The topological polar surface area (TPSA) is 72.5 Å². The van der Waals surface area contributed by atoms with Crippen LogP contribution in [0.3, 0.4) is 0 Å². The van der Waals surface area contributed by atoms with E-state index in [-0.39, 0.29) is 4.90 Å². The number of amides is 1. The van der Waals surface area contributed by atoms with E-state index in [1.54, 1.807) is 30.3 Å². The van der Waals surface area contributed by atoms with Gasteiger partial charge < -0.3 is 10.1 Å². The van der Waals surface area contributed by atoms with E-state index in [0.717, 1.165) is 16.7 Å². The zero-order valence-electron chi connectivity index (χ0n) is 16.8. The molecule has 1 saturated carbocycles. The first-order valence-electron chi connectivity index (χ1n) is 9.49. The van der Waals surface area contributed by atoms with Gasteiger partial charge in [0.1, 0.15) is 5.75 Å². The number of anilines is 1. The molecule has 1 amide bonds. The van der Waals surface area contributed by atoms with Gasteiger partial charge >= 0.3 is 0 Å². The van der Waals surface area contributed by atoms with Crippen LogP contribution < -0.4 is 10.1 Å². The third kappa shape index (κ3) is 3.41. The zero-order chi connectivity index (χ0) is 20.5. The van der Waals surface area contributed by atoms with Crippen molar-refractivity contribution in [3.63, 3.8) is 0 Å². The summed E-state index contributed by atoms with van der Waals surface area (Å²) in [7, 11) is -2.32. The third-order valence-electron chi connectivity index (χ3n) is 5.73. The van der Waals surface area contributed by atoms with Gasteiger partial charge in [-0.05, 0) is 74.6 Å². The predicted octanol–water partition coefficient (Wildman–Crippen LogP) is 4.35. The second-order valence-corrected chi connectivity index (χ2v) is 9.87. The second-order valence-electron chi connectivity index (χ2n) is 7.61. The van der Waals surface area contributed by atoms with Crippen LogP contribution in [0.5, 0.6) is 5.75 Å². The van der Waals surface area contributed by atoms with Gasteiger partial charge in [0.25, 0.3) is 0 Å². The molecule has 1 aliphatic rings. The van der Waals surface area contributed by atoms with E-state index in [9.17, 15) is 13.2 Å². The summed E-state index contributed by atoms with van der Waals surface area (Å²) in [6.07, 6.45) is 2.06. The van der Waals surface area contributed by atoms with Crippen LogP contribution in [0, 0.1) is 20.8 Å². The standard InChI is InChI=1S/C22H27NO4S/c1-15-7-10-20(27-4)19(13-15)23-21(24)22(11-5-6-12-22)28(25,26)18-9-8-16(2)17(3)14-18/h7-10,13-14H,5-6,11-12H2,1-4H3,(H,23,24). The van der Waals surface area contributed by atoms with Gasteiger partial charge in [-0.2, -0.15) is 0 Å². The number of benzene rings is 2. The first kappa shape index (κ1) is 20.4. The summed E-state index contributed by atoms with van der Waals surface area (Å²) >= 11 is 0. The molecule has 0 radical (unpaired) electrons. The molecule has 2 aromatic rings. The highest BCUT2D eigenvalue weighted by atomic mass is 32.2. The summed E-state index contributed by atoms with van der Waals surface area (Å²) in [5, 5.41) is 2.84. The highest BCUT2D eigenvalue weighted by Gasteiger charge is 2.53. The molecule has 0 aliphatic heterocycles. The lowest BCUT2D eigenvalue weighted by Gasteiger charge is -2.28. The van der Waals surface area contributed by atoms with Crippen molar-refractivity contribution in [1.29, 1.82) is 0 Å². The number of carbonyl (C=O) groups excluding carboxylic acids is 1. The fourth-order valence-electron chi connectivity index (χ4n) is 3.83. The summed E-state index contributed by atoms with van der Waals surface area (Å²) in [4.78, 5) is 13.6. The fraction of sp³-hybridized carbons (Fsp3) is 0.409. The molecule has 1 aliphatic carbocycles. The summed E-state index contributed by atoms with van der Waals surface area (Å²) in [6, 6.07) is 10.5. The Morgan fingerprint density at radius 3 is 2.29 bits per heavy atom. The second kappa shape index (κ2) is 7.59. The number of hydrogen-bond acceptors (Lipinski definition) is 4. The van der Waals surface area contributed by atoms with E-state index in [2.05, 4.69) is 5.32 Å². The minimum Gasteiger partial charge on any atom is -0.495 e. The Morgan fingerprint density at radius 1 is 1.00 bits per heavy atom. The molecule has 150 valence electrons. The average molecular weight is 402 g/mol. The highest BCUT2D eigenvalue weighted by molar-refractivity contribution is 7.93. The van der Waals surface area contributed by atoms with E-state index in [1.165, 1.54) is 7.11 Å². The molecule has 0 bridgehead atoms. The number of sulfone groups is 1. The maximum atomic E-state index is 13.6. The molecule has 0 atom stereocenters. The van der Waals surface area contributed by atoms with Crippen LogP contribution in [-0.4, -0.2) is 26.2 Å². The highest BCUT2D eigenvalue weighted by Crippen LogP contribution is 2.42. The van der Waals surface area contributed by atoms with Gasteiger partial charge in [-0.3, -0.25) is 4.79 Å². The Balaban J connectivity index is 2.03. The van der Waals surface area contributed by atoms with Crippen LogP contribution in [0.25, 0.3) is 0 Å². The van der Waals surface area contributed by atoms with E-state index < -0.39 is 20.5 Å². The monoisotopic (exact) mass is 401 g/mol. The van der Waals surface area contributed by atoms with E-state index in [4.69, 9.17) is 4.74 Å². The molecule has 3 rings (SSSR count). The van der Waals surface area contributed by atoms with Crippen molar-refractivity contribution in [2.75, 3.05) is 12.4 Å². The molecule has 6 heteroatoms. The number of ether oxygens (including phenoxy) is 1. The van der Waals surface area contributed by atoms with Gasteiger partial charge in [-0.25, -0.2) is 8.42 Å². The number of aryl methyl sites for hydroxylation is 3. The lowest BCUT2D eigenvalue weighted by atomic mass is 10.1. The van der Waals surface area contributed by atoms with Crippen molar-refractivity contribution in [3.05, 3.63) is 53.1 Å². The number of methoxy groups -OCH3 is 1. The maximum Gasteiger partial charge on any atom is 0.246 e. The van der Waals surface area contributed by atoms with Crippen molar-refractivity contribution >= 4 is 21.4 Å². The van der Waals surface area contributed by atoms with Gasteiger partial charge in [0.05, 0.1) is 17.7 Å². The SMILES string of the molecule is COc1ccc(C)cc1NC(=O)C1(S(=O)(=O)c2ccc(C)c(C)c2)CCCC1. The summed E-state index contributed by atoms with van der Waals surface area (Å²) in [5.74, 6) is 0.0304. The average Bonchev–Trinajstić information content (AvgIpc) is 3.16. The predicted molar refractivity (Wildman–Crippen MR) is 111 cm³/mol. The van der Waals surface area contributed by atoms with Crippen molar-refractivity contribution in [2.45, 2.75) is 56.1 Å². The van der Waals surface area contributed by atoms with Gasteiger partial charge in [-0.1, -0.05) is 25.0 Å². The van der Waals surface area contributed by atoms with Crippen LogP contribution in [0.15, 0.2) is 41.3 Å². The smallest absolute Gasteiger partial charge is 0.246 e. The van der Waals surface area contributed by atoms with E-state index in [0.29, 0.717) is 37.1 Å². The Morgan fingerprint density at radius 2 is 1.68 bits per heavy atom. The van der Waals surface area contributed by atoms with Gasteiger partial charge in [0, 0.05) is 0 Å². The van der Waals surface area contributed by atoms with Crippen molar-refractivity contribution in [1.82, 2.24) is 0 Å². The molecule has 1 N–H and O–H groups in total. The summed E-state index contributed by atoms with van der Waals surface area (Å²) in [5.41, 5.74) is 3.37. The Kier molecular flexibility index (Phi) is 5.53. The Bertz CT molecular complexity index is 1010. The van der Waals surface area contributed by atoms with Crippen molar-refractivity contribution in [3.8, 4) is 5.75 Å². The summed E-state index contributed by atoms with van der Waals surface area (Å²) < 4.78 is 31.0. The molecule has 0 heterocycles. The lowest BCUT2D eigenvalue weighted by molar-refractivity contribution is -0.118. The van der Waals surface area contributed by atoms with Crippen molar-refractivity contribution in [2.24, 2.45) is 0 Å². The molecule has 0 unspecified atom stereocenters. The van der Waals surface area contributed by atoms with Gasteiger partial charge in [-0.15, -0.1) is 0 Å². The molecule has 28 heavy (non-hydrogen) atoms. The molecule has 1 fully saturated rings. The van der Waals surface area contributed by atoms with Gasteiger partial charge in [0.15, 0.2) is 14.6 Å². The van der Waals surface area contributed by atoms with Crippen LogP contribution in [0.4, 0.5) is 5.69 Å². The third-order valence-corrected chi connectivity index (χ3v) is 8.23. The van der Waals surface area contributed by atoms with Gasteiger partial charge in [0.2, 0.25) is 5.91 Å². The fourth-order valence-corrected chi connectivity index (χ4v) is 5.98. The van der Waals surface area contributed by atoms with E-state index in [1.807, 2.05) is 26.8 Å². The van der Waals surface area contributed by atoms with Crippen molar-refractivity contribution < 1.29 is 17.9 Å². The summed E-state index contributed by atoms with van der Waals surface area (Å²) in [6.45, 7) is 5.73. The molecule has 2 aromatic carbocycles. The maximum absolute atomic E-state index is 13.6. The largest absolute Gasteiger partial charge is 0.495 e. The number of carbonyl (C=O) groups is 1. The number of nitrogens with one attached hydrogen (secondary N) is 1. The normalized spacial score (nSPS) is 16.0. The zero-order valence-corrected chi connectivity index (χ0v) is 17.7. The molecule has 5 nitrogen and oxygen atoms in total. The minimum atomic E-state index is -3.84. The molecule has 0 saturated heterocycles. The number of rotatable bonds is 5. The van der Waals surface area contributed by atoms with Crippen LogP contribution in [0.1, 0.15) is 42.4 Å². The van der Waals surface area contributed by atoms with Crippen LogP contribution >= 0.6 is 0 Å². The van der Waals surface area contributed by atoms with Crippen LogP contribution in [0.2, 0.25) is 0 Å². The molecular weight excluding hydrogens is 374 g/mol. The lowest BCUT2D eigenvalue weighted by Crippen LogP contribution is -2.47. The first-order chi connectivity index (χ1) is 13.2. The quantitative estimate of drug-likeness (QED) is 0.809.